The predicted octanol–water partition coefficient (Wildman–Crippen LogP) is 3.23. The molecule has 0 aliphatic heterocycles. The van der Waals surface area contributed by atoms with Crippen molar-refractivity contribution in [1.82, 2.24) is 0 Å². The average molecular weight is 319 g/mol. The number of oxime groups is 1. The summed E-state index contributed by atoms with van der Waals surface area (Å²) >= 11 is 11.7. The number of halogens is 2. The van der Waals surface area contributed by atoms with Crippen LogP contribution in [0.5, 0.6) is 5.75 Å². The normalized spacial score (nSPS) is 12.2. The van der Waals surface area contributed by atoms with Crippen LogP contribution in [0.2, 0.25) is 10.0 Å². The van der Waals surface area contributed by atoms with Crippen LogP contribution in [0.15, 0.2) is 23.4 Å². The van der Waals surface area contributed by atoms with E-state index in [-0.39, 0.29) is 12.4 Å². The SMILES string of the molecule is CC(C)(C)C(=O)O/N=C(\N)COc1ccc(Cl)cc1Cl. The quantitative estimate of drug-likeness (QED) is 0.400. The molecule has 0 radical (unpaired) electrons. The van der Waals surface area contributed by atoms with Crippen molar-refractivity contribution in [3.63, 3.8) is 0 Å². The van der Waals surface area contributed by atoms with Crippen LogP contribution in [0.3, 0.4) is 0 Å². The molecule has 0 saturated carbocycles. The lowest BCUT2D eigenvalue weighted by Gasteiger charge is -2.13. The Kier molecular flexibility index (Phi) is 5.65. The van der Waals surface area contributed by atoms with Crippen LogP contribution in [0.4, 0.5) is 0 Å². The fourth-order valence-corrected chi connectivity index (χ4v) is 1.47. The Morgan fingerprint density at radius 3 is 2.55 bits per heavy atom. The summed E-state index contributed by atoms with van der Waals surface area (Å²) < 4.78 is 5.33. The molecule has 0 spiro atoms. The van der Waals surface area contributed by atoms with Crippen molar-refractivity contribution >= 4 is 35.0 Å². The van der Waals surface area contributed by atoms with Gasteiger partial charge in [0.05, 0.1) is 10.4 Å². The van der Waals surface area contributed by atoms with Crippen molar-refractivity contribution in [2.75, 3.05) is 6.61 Å². The number of amidine groups is 1. The summed E-state index contributed by atoms with van der Waals surface area (Å²) in [5, 5.41) is 4.36. The smallest absolute Gasteiger partial charge is 0.340 e. The highest BCUT2D eigenvalue weighted by Gasteiger charge is 2.23. The molecule has 0 heterocycles. The Labute approximate surface area is 127 Å². The number of ether oxygens (including phenoxy) is 1. The second-order valence-corrected chi connectivity index (χ2v) is 5.92. The highest BCUT2D eigenvalue weighted by molar-refractivity contribution is 6.35. The molecular formula is C13H16Cl2N2O3. The topological polar surface area (TPSA) is 73.9 Å². The van der Waals surface area contributed by atoms with Crippen LogP contribution in [0.25, 0.3) is 0 Å². The molecule has 20 heavy (non-hydrogen) atoms. The first kappa shape index (κ1) is 16.6. The van der Waals surface area contributed by atoms with Gasteiger partial charge < -0.3 is 15.3 Å². The van der Waals surface area contributed by atoms with Crippen LogP contribution in [-0.2, 0) is 9.63 Å². The van der Waals surface area contributed by atoms with Crippen LogP contribution in [0.1, 0.15) is 20.8 Å². The number of benzene rings is 1. The van der Waals surface area contributed by atoms with E-state index < -0.39 is 11.4 Å². The molecule has 0 aliphatic carbocycles. The van der Waals surface area contributed by atoms with Crippen molar-refractivity contribution in [3.8, 4) is 5.75 Å². The first-order chi connectivity index (χ1) is 9.20. The number of carbonyl (C=O) groups is 1. The molecular weight excluding hydrogens is 303 g/mol. The molecule has 0 bridgehead atoms. The van der Waals surface area contributed by atoms with Gasteiger partial charge in [-0.15, -0.1) is 0 Å². The van der Waals surface area contributed by atoms with Gasteiger partial charge in [-0.3, -0.25) is 0 Å². The van der Waals surface area contributed by atoms with E-state index in [0.29, 0.717) is 15.8 Å². The molecule has 2 N–H and O–H groups in total. The summed E-state index contributed by atoms with van der Waals surface area (Å²) in [6.07, 6.45) is 0. The Hall–Kier alpha value is -1.46. The standard InChI is InChI=1S/C13H16Cl2N2O3/c1-13(2,3)12(18)20-17-11(16)7-19-10-5-4-8(14)6-9(10)15/h4-6H,7H2,1-3H3,(H2,16,17). The Morgan fingerprint density at radius 2 is 2.00 bits per heavy atom. The number of rotatable bonds is 4. The third kappa shape index (κ3) is 5.27. The number of nitrogens with zero attached hydrogens (tertiary/aromatic N) is 1. The molecule has 0 amide bonds. The van der Waals surface area contributed by atoms with E-state index in [1.54, 1.807) is 39.0 Å². The van der Waals surface area contributed by atoms with Gasteiger partial charge in [-0.1, -0.05) is 28.4 Å². The molecule has 1 aromatic rings. The lowest BCUT2D eigenvalue weighted by Crippen LogP contribution is -2.25. The fraction of sp³-hybridized carbons (Fsp3) is 0.385. The lowest BCUT2D eigenvalue weighted by atomic mass is 9.98. The Balaban J connectivity index is 2.55. The van der Waals surface area contributed by atoms with E-state index in [4.69, 9.17) is 38.5 Å². The molecule has 0 aliphatic rings. The zero-order valence-electron chi connectivity index (χ0n) is 11.4. The number of carbonyl (C=O) groups excluding carboxylic acids is 1. The Bertz CT molecular complexity index is 525. The highest BCUT2D eigenvalue weighted by Crippen LogP contribution is 2.27. The minimum atomic E-state index is -0.649. The maximum atomic E-state index is 11.5. The Morgan fingerprint density at radius 1 is 1.35 bits per heavy atom. The summed E-state index contributed by atoms with van der Waals surface area (Å²) in [6, 6.07) is 4.79. The number of hydrogen-bond donors (Lipinski definition) is 1. The van der Waals surface area contributed by atoms with E-state index in [1.807, 2.05) is 0 Å². The van der Waals surface area contributed by atoms with Crippen LogP contribution in [0, 0.1) is 5.41 Å². The van der Waals surface area contributed by atoms with Crippen LogP contribution in [-0.4, -0.2) is 18.4 Å². The summed E-state index contributed by atoms with van der Waals surface area (Å²) in [4.78, 5) is 16.2. The fourth-order valence-electron chi connectivity index (χ4n) is 1.01. The molecule has 0 fully saturated rings. The highest BCUT2D eigenvalue weighted by atomic mass is 35.5. The van der Waals surface area contributed by atoms with Crippen molar-refractivity contribution in [2.45, 2.75) is 20.8 Å². The first-order valence-electron chi connectivity index (χ1n) is 5.82. The van der Waals surface area contributed by atoms with E-state index in [1.165, 1.54) is 0 Å². The van der Waals surface area contributed by atoms with Crippen molar-refractivity contribution in [1.29, 1.82) is 0 Å². The van der Waals surface area contributed by atoms with Crippen molar-refractivity contribution < 1.29 is 14.4 Å². The van der Waals surface area contributed by atoms with Crippen molar-refractivity contribution in [3.05, 3.63) is 28.2 Å². The summed E-state index contributed by atoms with van der Waals surface area (Å²) in [6.45, 7) is 5.08. The van der Waals surface area contributed by atoms with E-state index >= 15 is 0 Å². The van der Waals surface area contributed by atoms with Gasteiger partial charge in [-0.25, -0.2) is 4.79 Å². The molecule has 0 atom stereocenters. The first-order valence-corrected chi connectivity index (χ1v) is 6.57. The maximum absolute atomic E-state index is 11.5. The van der Waals surface area contributed by atoms with E-state index in [2.05, 4.69) is 5.16 Å². The van der Waals surface area contributed by atoms with Gasteiger partial charge in [-0.05, 0) is 39.0 Å². The third-order valence-electron chi connectivity index (χ3n) is 2.13. The molecule has 7 heteroatoms. The summed E-state index contributed by atoms with van der Waals surface area (Å²) in [7, 11) is 0. The number of hydrogen-bond acceptors (Lipinski definition) is 4. The molecule has 5 nitrogen and oxygen atoms in total. The average Bonchev–Trinajstić information content (AvgIpc) is 2.33. The van der Waals surface area contributed by atoms with Gasteiger partial charge in [0.25, 0.3) is 0 Å². The molecule has 0 saturated heterocycles. The minimum absolute atomic E-state index is 0.0219. The number of nitrogens with two attached hydrogens (primary N) is 1. The molecule has 1 aromatic carbocycles. The largest absolute Gasteiger partial charge is 0.484 e. The molecule has 110 valence electrons. The van der Waals surface area contributed by atoms with Crippen molar-refractivity contribution in [2.24, 2.45) is 16.3 Å². The second kappa shape index (κ2) is 6.81. The van der Waals surface area contributed by atoms with Gasteiger partial charge in [0, 0.05) is 5.02 Å². The zero-order chi connectivity index (χ0) is 15.3. The van der Waals surface area contributed by atoms with Gasteiger partial charge in [0.1, 0.15) is 12.4 Å². The van der Waals surface area contributed by atoms with Gasteiger partial charge in [0.2, 0.25) is 0 Å². The minimum Gasteiger partial charge on any atom is -0.484 e. The molecule has 1 rings (SSSR count). The van der Waals surface area contributed by atoms with E-state index in [9.17, 15) is 4.79 Å². The summed E-state index contributed by atoms with van der Waals surface area (Å²) in [5.41, 5.74) is 4.92. The monoisotopic (exact) mass is 318 g/mol. The van der Waals surface area contributed by atoms with Gasteiger partial charge in [-0.2, -0.15) is 0 Å². The second-order valence-electron chi connectivity index (χ2n) is 5.07. The summed E-state index contributed by atoms with van der Waals surface area (Å²) in [5.74, 6) is -0.0463. The maximum Gasteiger partial charge on any atom is 0.340 e. The molecule has 0 unspecified atom stereocenters. The predicted molar refractivity (Wildman–Crippen MR) is 79.1 cm³/mol. The van der Waals surface area contributed by atoms with Crippen LogP contribution < -0.4 is 10.5 Å². The van der Waals surface area contributed by atoms with E-state index in [0.717, 1.165) is 0 Å². The van der Waals surface area contributed by atoms with Gasteiger partial charge in [0.15, 0.2) is 5.84 Å². The zero-order valence-corrected chi connectivity index (χ0v) is 13.0. The van der Waals surface area contributed by atoms with Crippen LogP contribution >= 0.6 is 23.2 Å². The molecule has 0 aromatic heterocycles. The third-order valence-corrected chi connectivity index (χ3v) is 2.66. The lowest BCUT2D eigenvalue weighted by molar-refractivity contribution is -0.152. The van der Waals surface area contributed by atoms with Gasteiger partial charge >= 0.3 is 5.97 Å².